The Kier molecular flexibility index (Phi) is 5.66. The van der Waals surface area contributed by atoms with Crippen LogP contribution < -0.4 is 0 Å². The van der Waals surface area contributed by atoms with Crippen LogP contribution in [0.3, 0.4) is 0 Å². The summed E-state index contributed by atoms with van der Waals surface area (Å²) >= 11 is 0. The van der Waals surface area contributed by atoms with E-state index in [9.17, 15) is 5.11 Å². The maximum absolute atomic E-state index is 9.79. The Bertz CT molecular complexity index is 405. The standard InChI is InChI=1S/C12H15N3O.ClH/c16-12(8-15-10-13-9-14-15)7-6-11-4-2-1-3-5-11;/h1-5,9-10,12,16H,6-8H2;1H. The Morgan fingerprint density at radius 3 is 2.65 bits per heavy atom. The molecule has 0 radical (unpaired) electrons. The molecule has 2 aromatic rings. The molecule has 1 unspecified atom stereocenters. The SMILES string of the molecule is Cl.OC(CCc1ccccc1)Cn1cncn1. The van der Waals surface area contributed by atoms with E-state index in [1.54, 1.807) is 11.0 Å². The molecule has 1 atom stereocenters. The number of hydrogen-bond acceptors (Lipinski definition) is 3. The summed E-state index contributed by atoms with van der Waals surface area (Å²) < 4.78 is 1.65. The van der Waals surface area contributed by atoms with Gasteiger partial charge < -0.3 is 5.11 Å². The first-order chi connectivity index (χ1) is 7.84. The fraction of sp³-hybridized carbons (Fsp3) is 0.333. The van der Waals surface area contributed by atoms with Crippen LogP contribution in [-0.2, 0) is 13.0 Å². The van der Waals surface area contributed by atoms with Crippen molar-refractivity contribution in [3.05, 3.63) is 48.5 Å². The molecular weight excluding hydrogens is 238 g/mol. The lowest BCUT2D eigenvalue weighted by atomic mass is 10.1. The topological polar surface area (TPSA) is 50.9 Å². The average Bonchev–Trinajstić information content (AvgIpc) is 2.81. The third-order valence-electron chi connectivity index (χ3n) is 2.47. The van der Waals surface area contributed by atoms with E-state index in [0.29, 0.717) is 6.54 Å². The molecule has 17 heavy (non-hydrogen) atoms. The zero-order valence-electron chi connectivity index (χ0n) is 9.44. The third kappa shape index (κ3) is 4.54. The molecule has 1 N–H and O–H groups in total. The van der Waals surface area contributed by atoms with Crippen molar-refractivity contribution in [2.75, 3.05) is 0 Å². The number of nitrogens with zero attached hydrogens (tertiary/aromatic N) is 3. The number of benzene rings is 1. The van der Waals surface area contributed by atoms with E-state index >= 15 is 0 Å². The lowest BCUT2D eigenvalue weighted by molar-refractivity contribution is 0.140. The first-order valence-electron chi connectivity index (χ1n) is 5.39. The van der Waals surface area contributed by atoms with Gasteiger partial charge in [0.15, 0.2) is 0 Å². The second-order valence-corrected chi connectivity index (χ2v) is 3.80. The molecule has 0 amide bonds. The molecule has 5 heteroatoms. The highest BCUT2D eigenvalue weighted by Crippen LogP contribution is 2.05. The molecule has 0 saturated carbocycles. The number of rotatable bonds is 5. The van der Waals surface area contributed by atoms with Crippen molar-refractivity contribution < 1.29 is 5.11 Å². The van der Waals surface area contributed by atoms with E-state index in [2.05, 4.69) is 22.2 Å². The van der Waals surface area contributed by atoms with E-state index in [0.717, 1.165) is 12.8 Å². The second-order valence-electron chi connectivity index (χ2n) is 3.80. The number of aromatic nitrogens is 3. The Morgan fingerprint density at radius 2 is 2.00 bits per heavy atom. The molecule has 0 aliphatic rings. The summed E-state index contributed by atoms with van der Waals surface area (Å²) in [4.78, 5) is 3.83. The van der Waals surface area contributed by atoms with Crippen molar-refractivity contribution in [3.8, 4) is 0 Å². The summed E-state index contributed by atoms with van der Waals surface area (Å²) in [6.45, 7) is 0.507. The second kappa shape index (κ2) is 7.04. The number of aryl methyl sites for hydroxylation is 1. The molecule has 1 heterocycles. The van der Waals surface area contributed by atoms with Crippen LogP contribution in [0.4, 0.5) is 0 Å². The summed E-state index contributed by atoms with van der Waals surface area (Å²) in [6.07, 6.45) is 4.35. The van der Waals surface area contributed by atoms with Crippen LogP contribution in [0.5, 0.6) is 0 Å². The van der Waals surface area contributed by atoms with Crippen molar-refractivity contribution >= 4 is 12.4 Å². The van der Waals surface area contributed by atoms with Crippen LogP contribution in [-0.4, -0.2) is 26.0 Å². The van der Waals surface area contributed by atoms with Crippen molar-refractivity contribution in [1.82, 2.24) is 14.8 Å². The van der Waals surface area contributed by atoms with Gasteiger partial charge in [0.2, 0.25) is 0 Å². The minimum atomic E-state index is -0.373. The summed E-state index contributed by atoms with van der Waals surface area (Å²) in [5.41, 5.74) is 1.25. The summed E-state index contributed by atoms with van der Waals surface area (Å²) in [6, 6.07) is 10.2. The predicted octanol–water partition coefficient (Wildman–Crippen LogP) is 1.69. The molecule has 0 aliphatic heterocycles. The normalized spacial score (nSPS) is 11.8. The zero-order valence-corrected chi connectivity index (χ0v) is 10.3. The molecule has 4 nitrogen and oxygen atoms in total. The number of aliphatic hydroxyl groups excluding tert-OH is 1. The van der Waals surface area contributed by atoms with Gasteiger partial charge >= 0.3 is 0 Å². The monoisotopic (exact) mass is 253 g/mol. The fourth-order valence-corrected chi connectivity index (χ4v) is 1.61. The van der Waals surface area contributed by atoms with E-state index in [1.165, 1.54) is 11.9 Å². The highest BCUT2D eigenvalue weighted by atomic mass is 35.5. The van der Waals surface area contributed by atoms with Crippen molar-refractivity contribution in [2.45, 2.75) is 25.5 Å². The van der Waals surface area contributed by atoms with Gasteiger partial charge in [-0.25, -0.2) is 4.98 Å². The van der Waals surface area contributed by atoms with Crippen LogP contribution in [0.25, 0.3) is 0 Å². The molecule has 0 saturated heterocycles. The van der Waals surface area contributed by atoms with Crippen molar-refractivity contribution in [1.29, 1.82) is 0 Å². The van der Waals surface area contributed by atoms with Crippen LogP contribution in [0.15, 0.2) is 43.0 Å². The lowest BCUT2D eigenvalue weighted by Gasteiger charge is -2.09. The van der Waals surface area contributed by atoms with Gasteiger partial charge in [-0.05, 0) is 18.4 Å². The minimum Gasteiger partial charge on any atom is -0.391 e. The molecule has 0 spiro atoms. The van der Waals surface area contributed by atoms with Crippen molar-refractivity contribution in [2.24, 2.45) is 0 Å². The molecule has 0 fully saturated rings. The van der Waals surface area contributed by atoms with E-state index in [1.807, 2.05) is 18.2 Å². The van der Waals surface area contributed by atoms with Gasteiger partial charge in [-0.3, -0.25) is 4.68 Å². The van der Waals surface area contributed by atoms with E-state index in [4.69, 9.17) is 0 Å². The highest BCUT2D eigenvalue weighted by Gasteiger charge is 2.05. The van der Waals surface area contributed by atoms with Gasteiger partial charge in [-0.15, -0.1) is 12.4 Å². The van der Waals surface area contributed by atoms with Gasteiger partial charge in [0, 0.05) is 0 Å². The fourth-order valence-electron chi connectivity index (χ4n) is 1.61. The Morgan fingerprint density at radius 1 is 1.24 bits per heavy atom. The maximum Gasteiger partial charge on any atom is 0.137 e. The van der Waals surface area contributed by atoms with Gasteiger partial charge in [-0.2, -0.15) is 5.10 Å². The van der Waals surface area contributed by atoms with Crippen LogP contribution in [0, 0.1) is 0 Å². The average molecular weight is 254 g/mol. The molecule has 1 aromatic carbocycles. The Hall–Kier alpha value is -1.39. The molecule has 0 bridgehead atoms. The Balaban J connectivity index is 0.00000144. The first kappa shape index (κ1) is 13.7. The lowest BCUT2D eigenvalue weighted by Crippen LogP contribution is -2.17. The van der Waals surface area contributed by atoms with Crippen LogP contribution in [0.1, 0.15) is 12.0 Å². The summed E-state index contributed by atoms with van der Waals surface area (Å²) in [5.74, 6) is 0. The van der Waals surface area contributed by atoms with Crippen LogP contribution >= 0.6 is 12.4 Å². The minimum absolute atomic E-state index is 0. The number of aliphatic hydroxyl groups is 1. The molecule has 92 valence electrons. The molecule has 0 aliphatic carbocycles. The summed E-state index contributed by atoms with van der Waals surface area (Å²) in [7, 11) is 0. The molecule has 2 rings (SSSR count). The smallest absolute Gasteiger partial charge is 0.137 e. The Labute approximate surface area is 107 Å². The largest absolute Gasteiger partial charge is 0.391 e. The van der Waals surface area contributed by atoms with Crippen LogP contribution in [0.2, 0.25) is 0 Å². The number of hydrogen-bond donors (Lipinski definition) is 1. The zero-order chi connectivity index (χ0) is 11.2. The van der Waals surface area contributed by atoms with Gasteiger partial charge in [0.1, 0.15) is 12.7 Å². The van der Waals surface area contributed by atoms with E-state index in [-0.39, 0.29) is 18.5 Å². The van der Waals surface area contributed by atoms with Gasteiger partial charge in [0.05, 0.1) is 12.6 Å². The van der Waals surface area contributed by atoms with E-state index < -0.39 is 0 Å². The summed E-state index contributed by atoms with van der Waals surface area (Å²) in [5, 5.41) is 13.8. The molecule has 1 aromatic heterocycles. The quantitative estimate of drug-likeness (QED) is 0.882. The first-order valence-corrected chi connectivity index (χ1v) is 5.39. The van der Waals surface area contributed by atoms with Gasteiger partial charge in [-0.1, -0.05) is 30.3 Å². The predicted molar refractivity (Wildman–Crippen MR) is 68.0 cm³/mol. The van der Waals surface area contributed by atoms with Gasteiger partial charge in [0.25, 0.3) is 0 Å². The van der Waals surface area contributed by atoms with Crippen molar-refractivity contribution in [3.63, 3.8) is 0 Å². The number of halogens is 1. The highest BCUT2D eigenvalue weighted by molar-refractivity contribution is 5.85. The third-order valence-corrected chi connectivity index (χ3v) is 2.47. The molecular formula is C12H16ClN3O. The maximum atomic E-state index is 9.79.